The highest BCUT2D eigenvalue weighted by Gasteiger charge is 2.35. The molecule has 1 saturated carbocycles. The summed E-state index contributed by atoms with van der Waals surface area (Å²) in [7, 11) is 5.54. The Morgan fingerprint density at radius 1 is 1.22 bits per heavy atom. The van der Waals surface area contributed by atoms with Gasteiger partial charge in [-0.15, -0.1) is 0 Å². The Balaban J connectivity index is 2.02. The van der Waals surface area contributed by atoms with E-state index in [1.54, 1.807) is 13.2 Å². The van der Waals surface area contributed by atoms with E-state index in [4.69, 9.17) is 9.47 Å². The van der Waals surface area contributed by atoms with Gasteiger partial charge in [-0.3, -0.25) is 9.59 Å². The van der Waals surface area contributed by atoms with Gasteiger partial charge >= 0.3 is 5.97 Å². The lowest BCUT2D eigenvalue weighted by molar-refractivity contribution is -0.148. The topological polar surface area (TPSA) is 88.1 Å². The van der Waals surface area contributed by atoms with E-state index in [-0.39, 0.29) is 5.91 Å². The van der Waals surface area contributed by atoms with Crippen molar-refractivity contribution in [3.8, 4) is 11.5 Å². The number of aliphatic carboxylic acids is 1. The third-order valence-corrected chi connectivity index (χ3v) is 4.94. The van der Waals surface area contributed by atoms with E-state index < -0.39 is 17.8 Å². The number of amides is 1. The van der Waals surface area contributed by atoms with Crippen molar-refractivity contribution in [1.82, 2.24) is 10.2 Å². The maximum absolute atomic E-state index is 12.6. The lowest BCUT2D eigenvalue weighted by Gasteiger charge is -2.27. The van der Waals surface area contributed by atoms with E-state index in [1.165, 1.54) is 0 Å². The summed E-state index contributed by atoms with van der Waals surface area (Å²) in [6.07, 6.45) is 2.94. The first-order valence-corrected chi connectivity index (χ1v) is 9.37. The zero-order valence-electron chi connectivity index (χ0n) is 16.4. The first-order valence-electron chi connectivity index (χ1n) is 9.37. The molecule has 1 amide bonds. The minimum absolute atomic E-state index is 0.197. The van der Waals surface area contributed by atoms with E-state index >= 15 is 0 Å². The Morgan fingerprint density at radius 2 is 1.93 bits per heavy atom. The monoisotopic (exact) mass is 378 g/mol. The van der Waals surface area contributed by atoms with E-state index in [2.05, 4.69) is 5.32 Å². The predicted molar refractivity (Wildman–Crippen MR) is 102 cm³/mol. The highest BCUT2D eigenvalue weighted by atomic mass is 16.5. The minimum atomic E-state index is -0.882. The van der Waals surface area contributed by atoms with Crippen LogP contribution in [-0.4, -0.2) is 56.2 Å². The number of likely N-dealkylation sites (N-methyl/N-ethyl adjacent to an activating group) is 1. The van der Waals surface area contributed by atoms with Crippen molar-refractivity contribution in [2.24, 2.45) is 11.8 Å². The molecule has 2 N–H and O–H groups in total. The van der Waals surface area contributed by atoms with Gasteiger partial charge in [-0.1, -0.05) is 12.8 Å². The van der Waals surface area contributed by atoms with Crippen LogP contribution >= 0.6 is 0 Å². The maximum atomic E-state index is 12.6. The average molecular weight is 378 g/mol. The van der Waals surface area contributed by atoms with Crippen molar-refractivity contribution in [2.45, 2.75) is 32.2 Å². The van der Waals surface area contributed by atoms with Gasteiger partial charge in [0.2, 0.25) is 5.91 Å². The second-order valence-corrected chi connectivity index (χ2v) is 7.18. The number of nitrogens with one attached hydrogen (secondary N) is 1. The molecule has 0 bridgehead atoms. The Hall–Kier alpha value is -2.28. The number of methoxy groups -OCH3 is 1. The molecular formula is C20H30N2O5. The van der Waals surface area contributed by atoms with Crippen LogP contribution in [0.3, 0.4) is 0 Å². The molecule has 2 atom stereocenters. The maximum Gasteiger partial charge on any atom is 0.307 e. The van der Waals surface area contributed by atoms with E-state index in [9.17, 15) is 14.7 Å². The Kier molecular flexibility index (Phi) is 7.91. The fraction of sp³-hybridized carbons (Fsp3) is 0.600. The second kappa shape index (κ2) is 10.2. The second-order valence-electron chi connectivity index (χ2n) is 7.18. The molecule has 2 rings (SSSR count). The van der Waals surface area contributed by atoms with Crippen LogP contribution in [0.5, 0.6) is 11.5 Å². The third kappa shape index (κ3) is 6.13. The molecule has 7 heteroatoms. The van der Waals surface area contributed by atoms with Gasteiger partial charge in [0, 0.05) is 24.7 Å². The summed E-state index contributed by atoms with van der Waals surface area (Å²) in [6.45, 7) is 1.58. The van der Waals surface area contributed by atoms with Crippen LogP contribution < -0.4 is 14.8 Å². The zero-order chi connectivity index (χ0) is 19.8. The van der Waals surface area contributed by atoms with Gasteiger partial charge < -0.3 is 24.8 Å². The molecule has 1 aliphatic carbocycles. The molecule has 2 unspecified atom stereocenters. The smallest absolute Gasteiger partial charge is 0.307 e. The van der Waals surface area contributed by atoms with E-state index in [0.29, 0.717) is 37.5 Å². The summed E-state index contributed by atoms with van der Waals surface area (Å²) in [5, 5.41) is 12.3. The molecule has 1 aromatic carbocycles. The minimum Gasteiger partial charge on any atom is -0.497 e. The number of hydrogen-bond donors (Lipinski definition) is 2. The molecule has 27 heavy (non-hydrogen) atoms. The fourth-order valence-corrected chi connectivity index (χ4v) is 3.33. The summed E-state index contributed by atoms with van der Waals surface area (Å²) in [5.74, 6) is -0.791. The van der Waals surface area contributed by atoms with Crippen LogP contribution in [0, 0.1) is 11.8 Å². The third-order valence-electron chi connectivity index (χ3n) is 4.94. The number of carboxylic acid groups (broad SMARTS) is 1. The molecule has 0 saturated heterocycles. The molecule has 0 aliphatic heterocycles. The number of ether oxygens (including phenoxy) is 2. The van der Waals surface area contributed by atoms with Crippen molar-refractivity contribution in [2.75, 3.05) is 34.4 Å². The number of carbonyl (C=O) groups is 2. The van der Waals surface area contributed by atoms with Gasteiger partial charge in [0.05, 0.1) is 18.9 Å². The lowest BCUT2D eigenvalue weighted by atomic mass is 9.78. The summed E-state index contributed by atoms with van der Waals surface area (Å²) >= 11 is 0. The van der Waals surface area contributed by atoms with Gasteiger partial charge in [0.15, 0.2) is 0 Å². The van der Waals surface area contributed by atoms with Crippen LogP contribution in [0.4, 0.5) is 0 Å². The standard InChI is InChI=1S/C20H30N2O5/c1-22(2)10-11-27-18-12-15(26-3)9-8-14(18)13-21-19(23)16-6-4-5-7-17(16)20(24)25/h8-9,12,16-17H,4-7,10-11,13H2,1-3H3,(H,21,23)(H,24,25). The molecule has 1 aliphatic rings. The first-order chi connectivity index (χ1) is 12.9. The Bertz CT molecular complexity index is 647. The van der Waals surface area contributed by atoms with Gasteiger partial charge in [-0.25, -0.2) is 0 Å². The van der Waals surface area contributed by atoms with Crippen LogP contribution in [0.1, 0.15) is 31.2 Å². The number of rotatable bonds is 9. The summed E-state index contributed by atoms with van der Waals surface area (Å²) in [6, 6.07) is 5.48. The normalized spacial score (nSPS) is 19.6. The highest BCUT2D eigenvalue weighted by Crippen LogP contribution is 2.31. The Morgan fingerprint density at radius 3 is 2.56 bits per heavy atom. The van der Waals surface area contributed by atoms with Crippen LogP contribution in [0.15, 0.2) is 18.2 Å². The van der Waals surface area contributed by atoms with Crippen molar-refractivity contribution in [1.29, 1.82) is 0 Å². The summed E-state index contributed by atoms with van der Waals surface area (Å²) in [5.41, 5.74) is 0.839. The lowest BCUT2D eigenvalue weighted by Crippen LogP contribution is -2.39. The zero-order valence-corrected chi connectivity index (χ0v) is 16.4. The number of nitrogens with zero attached hydrogens (tertiary/aromatic N) is 1. The van der Waals surface area contributed by atoms with Crippen molar-refractivity contribution in [3.63, 3.8) is 0 Å². The highest BCUT2D eigenvalue weighted by molar-refractivity contribution is 5.84. The molecular weight excluding hydrogens is 348 g/mol. The first kappa shape index (κ1) is 21.0. The van der Waals surface area contributed by atoms with Gasteiger partial charge in [-0.2, -0.15) is 0 Å². The van der Waals surface area contributed by atoms with Crippen LogP contribution in [0.25, 0.3) is 0 Å². The predicted octanol–water partition coefficient (Wildman–Crippen LogP) is 2.14. The van der Waals surface area contributed by atoms with Crippen molar-refractivity contribution in [3.05, 3.63) is 23.8 Å². The van der Waals surface area contributed by atoms with Gasteiger partial charge in [0.1, 0.15) is 18.1 Å². The molecule has 1 aromatic rings. The largest absolute Gasteiger partial charge is 0.497 e. The van der Waals surface area contributed by atoms with Gasteiger partial charge in [-0.05, 0) is 39.1 Å². The molecule has 0 spiro atoms. The molecule has 7 nitrogen and oxygen atoms in total. The van der Waals surface area contributed by atoms with Crippen molar-refractivity contribution >= 4 is 11.9 Å². The number of carboxylic acids is 1. The van der Waals surface area contributed by atoms with Crippen molar-refractivity contribution < 1.29 is 24.2 Å². The van der Waals surface area contributed by atoms with E-state index in [0.717, 1.165) is 24.9 Å². The van der Waals surface area contributed by atoms with Gasteiger partial charge in [0.25, 0.3) is 0 Å². The molecule has 0 radical (unpaired) electrons. The molecule has 150 valence electrons. The fourth-order valence-electron chi connectivity index (χ4n) is 3.33. The number of benzene rings is 1. The number of hydrogen-bond acceptors (Lipinski definition) is 5. The van der Waals surface area contributed by atoms with Crippen LogP contribution in [-0.2, 0) is 16.1 Å². The molecule has 0 heterocycles. The SMILES string of the molecule is COc1ccc(CNC(=O)C2CCCCC2C(=O)O)c(OCCN(C)C)c1. The van der Waals surface area contributed by atoms with Crippen LogP contribution in [0.2, 0.25) is 0 Å². The average Bonchev–Trinajstić information content (AvgIpc) is 2.66. The number of carbonyl (C=O) groups excluding carboxylic acids is 1. The molecule has 0 aromatic heterocycles. The molecule has 1 fully saturated rings. The van der Waals surface area contributed by atoms with E-state index in [1.807, 2.05) is 31.1 Å². The Labute approximate surface area is 160 Å². The quantitative estimate of drug-likeness (QED) is 0.685. The summed E-state index contributed by atoms with van der Waals surface area (Å²) in [4.78, 5) is 26.0. The summed E-state index contributed by atoms with van der Waals surface area (Å²) < 4.78 is 11.1.